The van der Waals surface area contributed by atoms with Gasteiger partial charge < -0.3 is 10.4 Å². The van der Waals surface area contributed by atoms with Gasteiger partial charge in [-0.2, -0.15) is 5.10 Å². The van der Waals surface area contributed by atoms with E-state index in [0.29, 0.717) is 11.1 Å². The number of aliphatic hydroxyl groups is 1. The number of amides is 1. The molecule has 1 atom stereocenters. The number of nitrogens with zero attached hydrogens (tertiary/aromatic N) is 2. The van der Waals surface area contributed by atoms with Crippen LogP contribution >= 0.6 is 0 Å². The molecule has 6 heteroatoms. The van der Waals surface area contributed by atoms with Gasteiger partial charge in [-0.05, 0) is 19.9 Å². The maximum absolute atomic E-state index is 12.2. The number of aryl methyl sites for hydroxylation is 1. The molecule has 0 bridgehead atoms. The molecule has 0 fully saturated rings. The van der Waals surface area contributed by atoms with Crippen molar-refractivity contribution in [3.05, 3.63) is 40.3 Å². The predicted molar refractivity (Wildman–Crippen MR) is 75.4 cm³/mol. The quantitative estimate of drug-likeness (QED) is 0.835. The highest BCUT2D eigenvalue weighted by molar-refractivity contribution is 5.83. The van der Waals surface area contributed by atoms with Gasteiger partial charge in [0, 0.05) is 11.4 Å². The Kier molecular flexibility index (Phi) is 4.14. The minimum atomic E-state index is -0.351. The minimum Gasteiger partial charge on any atom is -0.394 e. The average molecular weight is 275 g/mol. The van der Waals surface area contributed by atoms with Crippen LogP contribution < -0.4 is 10.9 Å². The summed E-state index contributed by atoms with van der Waals surface area (Å²) in [6.45, 7) is 3.17. The number of hydrogen-bond acceptors (Lipinski definition) is 4. The normalized spacial score (nSPS) is 12.3. The van der Waals surface area contributed by atoms with E-state index in [9.17, 15) is 9.59 Å². The van der Waals surface area contributed by atoms with E-state index >= 15 is 0 Å². The van der Waals surface area contributed by atoms with E-state index in [1.807, 2.05) is 12.1 Å². The lowest BCUT2D eigenvalue weighted by Crippen LogP contribution is -2.39. The summed E-state index contributed by atoms with van der Waals surface area (Å²) in [5.41, 5.74) is 0.404. The summed E-state index contributed by atoms with van der Waals surface area (Å²) in [6.07, 6.45) is 0. The van der Waals surface area contributed by atoms with Crippen LogP contribution in [0.1, 0.15) is 12.6 Å². The van der Waals surface area contributed by atoms with Gasteiger partial charge in [0.15, 0.2) is 0 Å². The SMILES string of the molecule is Cc1nn(CC(=O)NC(C)CO)c(=O)c2ccccc12. The summed E-state index contributed by atoms with van der Waals surface area (Å²) >= 11 is 0. The van der Waals surface area contributed by atoms with Crippen LogP contribution in [0.4, 0.5) is 0 Å². The molecule has 0 radical (unpaired) electrons. The smallest absolute Gasteiger partial charge is 0.275 e. The number of aromatic nitrogens is 2. The molecule has 1 amide bonds. The highest BCUT2D eigenvalue weighted by Crippen LogP contribution is 2.11. The molecule has 0 saturated carbocycles. The molecule has 106 valence electrons. The molecule has 1 aromatic carbocycles. The van der Waals surface area contributed by atoms with Gasteiger partial charge in [-0.1, -0.05) is 18.2 Å². The first-order valence-electron chi connectivity index (χ1n) is 6.39. The van der Waals surface area contributed by atoms with Crippen LogP contribution in [0, 0.1) is 6.92 Å². The third-order valence-corrected chi connectivity index (χ3v) is 3.03. The molecule has 2 aromatic rings. The number of rotatable bonds is 4. The standard InChI is InChI=1S/C14H17N3O3/c1-9(8-18)15-13(19)7-17-14(20)12-6-4-3-5-11(12)10(2)16-17/h3-6,9,18H,7-8H2,1-2H3,(H,15,19). The lowest BCUT2D eigenvalue weighted by atomic mass is 10.1. The van der Waals surface area contributed by atoms with Crippen molar-refractivity contribution >= 4 is 16.7 Å². The maximum atomic E-state index is 12.2. The number of carbonyl (C=O) groups is 1. The fourth-order valence-corrected chi connectivity index (χ4v) is 2.01. The second-order valence-corrected chi connectivity index (χ2v) is 4.74. The van der Waals surface area contributed by atoms with Crippen LogP contribution in [0.3, 0.4) is 0 Å². The van der Waals surface area contributed by atoms with Crippen molar-refractivity contribution in [3.63, 3.8) is 0 Å². The van der Waals surface area contributed by atoms with Crippen molar-refractivity contribution in [3.8, 4) is 0 Å². The number of hydrogen-bond donors (Lipinski definition) is 2. The minimum absolute atomic E-state index is 0.148. The highest BCUT2D eigenvalue weighted by atomic mass is 16.3. The summed E-state index contributed by atoms with van der Waals surface area (Å²) in [5.74, 6) is -0.351. The van der Waals surface area contributed by atoms with Crippen LogP contribution in [0.5, 0.6) is 0 Å². The highest BCUT2D eigenvalue weighted by Gasteiger charge is 2.12. The van der Waals surface area contributed by atoms with Gasteiger partial charge in [-0.3, -0.25) is 9.59 Å². The maximum Gasteiger partial charge on any atom is 0.275 e. The fourth-order valence-electron chi connectivity index (χ4n) is 2.01. The summed E-state index contributed by atoms with van der Waals surface area (Å²) in [7, 11) is 0. The predicted octanol–water partition coefficient (Wildman–Crippen LogP) is 0.202. The van der Waals surface area contributed by atoms with E-state index < -0.39 is 0 Å². The Morgan fingerprint density at radius 1 is 1.40 bits per heavy atom. The summed E-state index contributed by atoms with van der Waals surface area (Å²) in [5, 5.41) is 17.0. The summed E-state index contributed by atoms with van der Waals surface area (Å²) in [6, 6.07) is 6.83. The Bertz CT molecular complexity index is 694. The Balaban J connectivity index is 2.34. The van der Waals surface area contributed by atoms with Crippen molar-refractivity contribution in [2.75, 3.05) is 6.61 Å². The molecule has 6 nitrogen and oxygen atoms in total. The van der Waals surface area contributed by atoms with Crippen LogP contribution in [0.25, 0.3) is 10.8 Å². The molecule has 1 aromatic heterocycles. The largest absolute Gasteiger partial charge is 0.394 e. The summed E-state index contributed by atoms with van der Waals surface area (Å²) in [4.78, 5) is 24.0. The molecular weight excluding hydrogens is 258 g/mol. The number of carbonyl (C=O) groups excluding carboxylic acids is 1. The number of benzene rings is 1. The average Bonchev–Trinajstić information content (AvgIpc) is 2.44. The van der Waals surface area contributed by atoms with E-state index in [-0.39, 0.29) is 30.7 Å². The lowest BCUT2D eigenvalue weighted by molar-refractivity contribution is -0.122. The molecule has 0 aliphatic carbocycles. The molecule has 2 rings (SSSR count). The molecule has 2 N–H and O–H groups in total. The van der Waals surface area contributed by atoms with E-state index in [2.05, 4.69) is 10.4 Å². The van der Waals surface area contributed by atoms with Crippen LogP contribution in [0.2, 0.25) is 0 Å². The van der Waals surface area contributed by atoms with Gasteiger partial charge in [0.25, 0.3) is 5.56 Å². The van der Waals surface area contributed by atoms with Gasteiger partial charge >= 0.3 is 0 Å². The Morgan fingerprint density at radius 2 is 2.05 bits per heavy atom. The molecular formula is C14H17N3O3. The Morgan fingerprint density at radius 3 is 2.70 bits per heavy atom. The first-order valence-corrected chi connectivity index (χ1v) is 6.39. The van der Waals surface area contributed by atoms with Gasteiger partial charge in [-0.15, -0.1) is 0 Å². The molecule has 0 spiro atoms. The Hall–Kier alpha value is -2.21. The first kappa shape index (κ1) is 14.2. The molecule has 0 aliphatic heterocycles. The zero-order valence-electron chi connectivity index (χ0n) is 11.5. The van der Waals surface area contributed by atoms with E-state index in [4.69, 9.17) is 5.11 Å². The van der Waals surface area contributed by atoms with Crippen molar-refractivity contribution < 1.29 is 9.90 Å². The number of aliphatic hydroxyl groups excluding tert-OH is 1. The fraction of sp³-hybridized carbons (Fsp3) is 0.357. The number of fused-ring (bicyclic) bond motifs is 1. The third kappa shape index (κ3) is 2.85. The third-order valence-electron chi connectivity index (χ3n) is 3.03. The Labute approximate surface area is 116 Å². The zero-order chi connectivity index (χ0) is 14.7. The monoisotopic (exact) mass is 275 g/mol. The van der Waals surface area contributed by atoms with Gasteiger partial charge in [0.1, 0.15) is 6.54 Å². The van der Waals surface area contributed by atoms with Gasteiger partial charge in [0.2, 0.25) is 5.91 Å². The number of nitrogens with one attached hydrogen (secondary N) is 1. The first-order chi connectivity index (χ1) is 9.52. The van der Waals surface area contributed by atoms with E-state index in [1.165, 1.54) is 0 Å². The molecule has 20 heavy (non-hydrogen) atoms. The molecule has 0 saturated heterocycles. The topological polar surface area (TPSA) is 84.2 Å². The zero-order valence-corrected chi connectivity index (χ0v) is 11.5. The second kappa shape index (κ2) is 5.83. The van der Waals surface area contributed by atoms with Gasteiger partial charge in [0.05, 0.1) is 17.7 Å². The van der Waals surface area contributed by atoms with Crippen molar-refractivity contribution in [2.45, 2.75) is 26.4 Å². The molecule has 1 unspecified atom stereocenters. The lowest BCUT2D eigenvalue weighted by Gasteiger charge is -2.12. The van der Waals surface area contributed by atoms with E-state index in [1.54, 1.807) is 26.0 Å². The van der Waals surface area contributed by atoms with Crippen LogP contribution in [-0.2, 0) is 11.3 Å². The van der Waals surface area contributed by atoms with Crippen LogP contribution in [0.15, 0.2) is 29.1 Å². The van der Waals surface area contributed by atoms with Gasteiger partial charge in [-0.25, -0.2) is 4.68 Å². The van der Waals surface area contributed by atoms with Crippen molar-refractivity contribution in [2.24, 2.45) is 0 Å². The van der Waals surface area contributed by atoms with Crippen LogP contribution in [-0.4, -0.2) is 33.4 Å². The van der Waals surface area contributed by atoms with Crippen molar-refractivity contribution in [1.29, 1.82) is 0 Å². The molecule has 1 heterocycles. The molecule has 0 aliphatic rings. The second-order valence-electron chi connectivity index (χ2n) is 4.74. The van der Waals surface area contributed by atoms with Crippen molar-refractivity contribution in [1.82, 2.24) is 15.1 Å². The van der Waals surface area contributed by atoms with E-state index in [0.717, 1.165) is 10.1 Å². The summed E-state index contributed by atoms with van der Waals surface area (Å²) < 4.78 is 1.15.